The molecule has 1 aromatic carbocycles. The SMILES string of the molecule is C#CCN(CC#CC)C(=O)c1cc(F)c(F)c(F)c1. The Labute approximate surface area is 109 Å². The van der Waals surface area contributed by atoms with Gasteiger partial charge < -0.3 is 4.90 Å². The predicted octanol–water partition coefficient (Wildman–Crippen LogP) is 2.20. The maximum atomic E-state index is 13.0. The second-order valence-corrected chi connectivity index (χ2v) is 3.55. The Morgan fingerprint density at radius 2 is 1.84 bits per heavy atom. The van der Waals surface area contributed by atoms with Crippen LogP contribution in [0.15, 0.2) is 12.1 Å². The van der Waals surface area contributed by atoms with Crippen LogP contribution in [0.1, 0.15) is 17.3 Å². The van der Waals surface area contributed by atoms with Crippen molar-refractivity contribution in [1.29, 1.82) is 0 Å². The molecule has 0 saturated carbocycles. The lowest BCUT2D eigenvalue weighted by molar-refractivity contribution is 0.0795. The third-order valence-electron chi connectivity index (χ3n) is 2.25. The average Bonchev–Trinajstić information content (AvgIpc) is 2.39. The molecule has 0 unspecified atom stereocenters. The Kier molecular flexibility index (Phi) is 5.02. The van der Waals surface area contributed by atoms with Crippen molar-refractivity contribution >= 4 is 5.91 Å². The first-order valence-corrected chi connectivity index (χ1v) is 5.28. The molecule has 19 heavy (non-hydrogen) atoms. The van der Waals surface area contributed by atoms with Crippen LogP contribution in [-0.2, 0) is 0 Å². The molecule has 0 N–H and O–H groups in total. The van der Waals surface area contributed by atoms with E-state index in [1.165, 1.54) is 0 Å². The molecule has 5 heteroatoms. The lowest BCUT2D eigenvalue weighted by atomic mass is 10.1. The van der Waals surface area contributed by atoms with Crippen LogP contribution >= 0.6 is 0 Å². The van der Waals surface area contributed by atoms with Gasteiger partial charge in [0.05, 0.1) is 13.1 Å². The van der Waals surface area contributed by atoms with Crippen LogP contribution in [-0.4, -0.2) is 23.9 Å². The summed E-state index contributed by atoms with van der Waals surface area (Å²) in [6.07, 6.45) is 5.10. The number of hydrogen-bond donors (Lipinski definition) is 0. The van der Waals surface area contributed by atoms with Crippen molar-refractivity contribution in [3.05, 3.63) is 35.1 Å². The van der Waals surface area contributed by atoms with E-state index in [0.29, 0.717) is 12.1 Å². The van der Waals surface area contributed by atoms with Crippen LogP contribution in [0.5, 0.6) is 0 Å². The molecule has 0 aliphatic rings. The fraction of sp³-hybridized carbons (Fsp3) is 0.214. The molecule has 0 radical (unpaired) electrons. The number of terminal acetylenes is 1. The van der Waals surface area contributed by atoms with Crippen LogP contribution in [0.4, 0.5) is 13.2 Å². The Morgan fingerprint density at radius 1 is 1.26 bits per heavy atom. The van der Waals surface area contributed by atoms with Crippen LogP contribution in [0.25, 0.3) is 0 Å². The van der Waals surface area contributed by atoms with E-state index in [2.05, 4.69) is 17.8 Å². The summed E-state index contributed by atoms with van der Waals surface area (Å²) in [7, 11) is 0. The van der Waals surface area contributed by atoms with E-state index in [1.807, 2.05) is 0 Å². The van der Waals surface area contributed by atoms with Gasteiger partial charge in [-0.1, -0.05) is 11.8 Å². The molecule has 2 nitrogen and oxygen atoms in total. The van der Waals surface area contributed by atoms with Crippen LogP contribution in [0, 0.1) is 41.6 Å². The van der Waals surface area contributed by atoms with Crippen LogP contribution in [0.3, 0.4) is 0 Å². The van der Waals surface area contributed by atoms with E-state index >= 15 is 0 Å². The summed E-state index contributed by atoms with van der Waals surface area (Å²) in [5.41, 5.74) is -0.315. The molecule has 1 aromatic rings. The smallest absolute Gasteiger partial charge is 0.255 e. The summed E-state index contributed by atoms with van der Waals surface area (Å²) >= 11 is 0. The van der Waals surface area contributed by atoms with Gasteiger partial charge in [-0.15, -0.1) is 12.3 Å². The molecule has 1 rings (SSSR count). The molecular formula is C14H10F3NO. The zero-order chi connectivity index (χ0) is 14.4. The molecule has 1 amide bonds. The zero-order valence-electron chi connectivity index (χ0n) is 10.1. The van der Waals surface area contributed by atoms with Gasteiger partial charge in [0, 0.05) is 5.56 Å². The molecule has 0 saturated heterocycles. The fourth-order valence-electron chi connectivity index (χ4n) is 1.35. The minimum Gasteiger partial charge on any atom is -0.316 e. The number of carbonyl (C=O) groups is 1. The highest BCUT2D eigenvalue weighted by Gasteiger charge is 2.19. The van der Waals surface area contributed by atoms with Gasteiger partial charge in [-0.2, -0.15) is 0 Å². The summed E-state index contributed by atoms with van der Waals surface area (Å²) < 4.78 is 38.9. The van der Waals surface area contributed by atoms with Crippen molar-refractivity contribution in [3.8, 4) is 24.2 Å². The van der Waals surface area contributed by atoms with E-state index in [1.54, 1.807) is 6.92 Å². The van der Waals surface area contributed by atoms with E-state index < -0.39 is 23.4 Å². The van der Waals surface area contributed by atoms with Gasteiger partial charge >= 0.3 is 0 Å². The van der Waals surface area contributed by atoms with E-state index in [4.69, 9.17) is 6.42 Å². The van der Waals surface area contributed by atoms with Crippen LogP contribution in [0.2, 0.25) is 0 Å². The Hall–Kier alpha value is -2.40. The summed E-state index contributed by atoms with van der Waals surface area (Å²) in [6, 6.07) is 1.26. The lowest BCUT2D eigenvalue weighted by Gasteiger charge is -2.17. The first-order chi connectivity index (χ1) is 9.01. The quantitative estimate of drug-likeness (QED) is 0.606. The molecule has 0 fully saturated rings. The van der Waals surface area contributed by atoms with Gasteiger partial charge in [0.15, 0.2) is 17.5 Å². The van der Waals surface area contributed by atoms with Gasteiger partial charge in [-0.3, -0.25) is 4.79 Å². The highest BCUT2D eigenvalue weighted by molar-refractivity contribution is 5.94. The maximum Gasteiger partial charge on any atom is 0.255 e. The average molecular weight is 265 g/mol. The van der Waals surface area contributed by atoms with Gasteiger partial charge in [-0.05, 0) is 19.1 Å². The molecule has 0 spiro atoms. The van der Waals surface area contributed by atoms with Crippen molar-refractivity contribution in [2.75, 3.05) is 13.1 Å². The molecule has 0 bridgehead atoms. The number of carbonyl (C=O) groups excluding carboxylic acids is 1. The number of hydrogen-bond acceptors (Lipinski definition) is 1. The first kappa shape index (κ1) is 14.7. The molecule has 0 aliphatic heterocycles. The predicted molar refractivity (Wildman–Crippen MR) is 64.5 cm³/mol. The monoisotopic (exact) mass is 265 g/mol. The number of rotatable bonds is 3. The first-order valence-electron chi connectivity index (χ1n) is 5.28. The van der Waals surface area contributed by atoms with Crippen molar-refractivity contribution in [3.63, 3.8) is 0 Å². The molecule has 0 aromatic heterocycles. The molecule has 98 valence electrons. The maximum absolute atomic E-state index is 13.0. The number of halogens is 3. The minimum atomic E-state index is -1.62. The van der Waals surface area contributed by atoms with E-state index in [-0.39, 0.29) is 18.7 Å². The molecule has 0 atom stereocenters. The minimum absolute atomic E-state index is 0.0279. The van der Waals surface area contributed by atoms with Gasteiger partial charge in [-0.25, -0.2) is 13.2 Å². The summed E-state index contributed by atoms with van der Waals surface area (Å²) in [5, 5.41) is 0. The summed E-state index contributed by atoms with van der Waals surface area (Å²) in [6.45, 7) is 1.55. The fourth-order valence-corrected chi connectivity index (χ4v) is 1.35. The highest BCUT2D eigenvalue weighted by atomic mass is 19.2. The molecule has 0 heterocycles. The third kappa shape index (κ3) is 3.53. The standard InChI is InChI=1S/C14H10F3NO/c1-3-5-7-18(6-4-2)14(19)10-8-11(15)13(17)12(16)9-10/h2,8-9H,6-7H2,1H3. The summed E-state index contributed by atoms with van der Waals surface area (Å²) in [5.74, 6) is 2.26. The normalized spacial score (nSPS) is 9.21. The largest absolute Gasteiger partial charge is 0.316 e. The second kappa shape index (κ2) is 6.51. The second-order valence-electron chi connectivity index (χ2n) is 3.55. The lowest BCUT2D eigenvalue weighted by Crippen LogP contribution is -2.32. The molecular weight excluding hydrogens is 255 g/mol. The van der Waals surface area contributed by atoms with Gasteiger partial charge in [0.1, 0.15) is 0 Å². The topological polar surface area (TPSA) is 20.3 Å². The van der Waals surface area contributed by atoms with Gasteiger partial charge in [0.25, 0.3) is 5.91 Å². The van der Waals surface area contributed by atoms with Crippen molar-refractivity contribution in [2.24, 2.45) is 0 Å². The zero-order valence-corrected chi connectivity index (χ0v) is 10.1. The van der Waals surface area contributed by atoms with E-state index in [0.717, 1.165) is 4.90 Å². The number of benzene rings is 1. The van der Waals surface area contributed by atoms with Crippen molar-refractivity contribution < 1.29 is 18.0 Å². The van der Waals surface area contributed by atoms with Crippen molar-refractivity contribution in [2.45, 2.75) is 6.92 Å². The third-order valence-corrected chi connectivity index (χ3v) is 2.25. The number of nitrogens with zero attached hydrogens (tertiary/aromatic N) is 1. The molecule has 0 aliphatic carbocycles. The number of amides is 1. The van der Waals surface area contributed by atoms with Crippen LogP contribution < -0.4 is 0 Å². The van der Waals surface area contributed by atoms with Gasteiger partial charge in [0.2, 0.25) is 0 Å². The Balaban J connectivity index is 3.08. The van der Waals surface area contributed by atoms with Crippen molar-refractivity contribution in [1.82, 2.24) is 4.90 Å². The Morgan fingerprint density at radius 3 is 2.32 bits per heavy atom. The summed E-state index contributed by atoms with van der Waals surface area (Å²) in [4.78, 5) is 13.1. The van der Waals surface area contributed by atoms with E-state index in [9.17, 15) is 18.0 Å². The highest BCUT2D eigenvalue weighted by Crippen LogP contribution is 2.15. The Bertz CT molecular complexity index is 570.